The molecule has 28 heteroatoms. The highest BCUT2D eigenvalue weighted by Crippen LogP contribution is 2.43. The standard InChI is InChI=1S/C55H56O28/c1-72-34-15-25(16-35(73-2)44(34)66)6-14-41(63)82-51-43(65)31(59)21-76-54(51)83-52-48(70)46(68)38(22-74-40(62)13-5-24-3-9-27(56)10-4-24)81-55(52)79-36-19-30-32(77-50(36)26-7-11-28(57)12-8-26)17-29(58)18-33(30)78-53-49(71)47(69)45(67)37(80-53)23-75-42(64)20-39(60)61/h3-19,31,37-38,43,45-49,51-55,59,65,67-71H,20-23H2,1-2H3,(H4-,56,57,58,60,61,62,63,66)/p+1/t31-,37?,38?,43+,45-,46-,47+,48?,49?,51?,52-,53-,54+,55-/m1/s1. The number of rotatable bonds is 20. The molecule has 3 aliphatic heterocycles. The van der Waals surface area contributed by atoms with Crippen LogP contribution in [0, 0.1) is 0 Å². The van der Waals surface area contributed by atoms with Crippen LogP contribution in [0.5, 0.6) is 46.0 Å². The van der Waals surface area contributed by atoms with E-state index in [4.69, 9.17) is 61.6 Å². The maximum atomic E-state index is 13.5. The quantitative estimate of drug-likeness (QED) is 0.0167. The summed E-state index contributed by atoms with van der Waals surface area (Å²) in [5.74, 6) is -6.90. The molecule has 83 heavy (non-hydrogen) atoms. The maximum absolute atomic E-state index is 13.5. The molecule has 444 valence electrons. The number of esters is 3. The number of fused-ring (bicyclic) bond motifs is 1. The van der Waals surface area contributed by atoms with Crippen LogP contribution < -0.4 is 18.9 Å². The zero-order valence-corrected chi connectivity index (χ0v) is 43.6. The lowest BCUT2D eigenvalue weighted by Gasteiger charge is -2.45. The number of aromatic hydroxyl groups is 4. The Morgan fingerprint density at radius 3 is 1.83 bits per heavy atom. The average molecular weight is 1170 g/mol. The molecule has 3 aliphatic rings. The van der Waals surface area contributed by atoms with Crippen molar-refractivity contribution in [1.29, 1.82) is 0 Å². The minimum absolute atomic E-state index is 0.00863. The van der Waals surface area contributed by atoms with E-state index in [9.17, 15) is 75.3 Å². The number of benzene rings is 4. The predicted octanol–water partition coefficient (Wildman–Crippen LogP) is 0.595. The molecule has 3 saturated heterocycles. The zero-order valence-electron chi connectivity index (χ0n) is 43.6. The molecule has 14 atom stereocenters. The topological polar surface area (TPSA) is 424 Å². The molecule has 4 heterocycles. The summed E-state index contributed by atoms with van der Waals surface area (Å²) in [4.78, 5) is 49.6. The Hall–Kier alpha value is -8.39. The van der Waals surface area contributed by atoms with Gasteiger partial charge in [0, 0.05) is 24.3 Å². The molecule has 0 saturated carbocycles. The molecular formula is C55H57O28+. The van der Waals surface area contributed by atoms with Gasteiger partial charge in [0.15, 0.2) is 30.0 Å². The van der Waals surface area contributed by atoms with E-state index in [1.54, 1.807) is 0 Å². The predicted molar refractivity (Wildman–Crippen MR) is 276 cm³/mol. The molecule has 0 aliphatic carbocycles. The molecule has 3 fully saturated rings. The summed E-state index contributed by atoms with van der Waals surface area (Å²) in [5.41, 5.74) is 0.736. The van der Waals surface area contributed by atoms with Crippen molar-refractivity contribution in [2.24, 2.45) is 0 Å². The van der Waals surface area contributed by atoms with Gasteiger partial charge in [-0.2, -0.15) is 0 Å². The molecule has 12 N–H and O–H groups in total. The van der Waals surface area contributed by atoms with Gasteiger partial charge in [-0.05, 0) is 71.8 Å². The fraction of sp³-hybridized carbons (Fsp3) is 0.364. The van der Waals surface area contributed by atoms with Gasteiger partial charge in [0.05, 0.1) is 32.5 Å². The monoisotopic (exact) mass is 1170 g/mol. The van der Waals surface area contributed by atoms with Gasteiger partial charge in [-0.3, -0.25) is 9.59 Å². The highest BCUT2D eigenvalue weighted by Gasteiger charge is 2.52. The van der Waals surface area contributed by atoms with E-state index in [1.807, 2.05) is 0 Å². The number of hydrogen-bond acceptors (Lipinski definition) is 26. The van der Waals surface area contributed by atoms with Crippen molar-refractivity contribution in [2.45, 2.75) is 92.4 Å². The van der Waals surface area contributed by atoms with E-state index in [0.717, 1.165) is 24.3 Å². The van der Waals surface area contributed by atoms with Crippen LogP contribution in [0.15, 0.2) is 95.4 Å². The van der Waals surface area contributed by atoms with Crippen LogP contribution >= 0.6 is 0 Å². The van der Waals surface area contributed by atoms with Gasteiger partial charge in [0.2, 0.25) is 24.1 Å². The molecule has 28 nitrogen and oxygen atoms in total. The van der Waals surface area contributed by atoms with Crippen LogP contribution in [0.1, 0.15) is 17.5 Å². The molecule has 0 amide bonds. The first kappa shape index (κ1) is 60.7. The number of ether oxygens (including phenoxy) is 11. The lowest BCUT2D eigenvalue weighted by molar-refractivity contribution is -0.345. The van der Waals surface area contributed by atoms with Gasteiger partial charge in [-0.1, -0.05) is 12.1 Å². The van der Waals surface area contributed by atoms with Gasteiger partial charge in [0.25, 0.3) is 0 Å². The van der Waals surface area contributed by atoms with Crippen LogP contribution in [-0.2, 0) is 52.3 Å². The van der Waals surface area contributed by atoms with Crippen molar-refractivity contribution in [3.63, 3.8) is 0 Å². The van der Waals surface area contributed by atoms with Crippen molar-refractivity contribution in [3.05, 3.63) is 102 Å². The third-order valence-electron chi connectivity index (χ3n) is 13.0. The van der Waals surface area contributed by atoms with Crippen LogP contribution in [0.3, 0.4) is 0 Å². The van der Waals surface area contributed by atoms with Crippen molar-refractivity contribution in [2.75, 3.05) is 34.0 Å². The second-order valence-electron chi connectivity index (χ2n) is 18.8. The molecule has 4 aromatic carbocycles. The van der Waals surface area contributed by atoms with Crippen LogP contribution in [-0.4, -0.2) is 205 Å². The van der Waals surface area contributed by atoms with Crippen LogP contribution in [0.4, 0.5) is 0 Å². The average Bonchev–Trinajstić information content (AvgIpc) is 3.60. The number of phenolic OH excluding ortho intramolecular Hbond substituents is 4. The Morgan fingerprint density at radius 1 is 0.590 bits per heavy atom. The highest BCUT2D eigenvalue weighted by atomic mass is 16.8. The van der Waals surface area contributed by atoms with Crippen molar-refractivity contribution in [3.8, 4) is 57.3 Å². The van der Waals surface area contributed by atoms with E-state index in [2.05, 4.69) is 0 Å². The van der Waals surface area contributed by atoms with E-state index >= 15 is 0 Å². The Bertz CT molecular complexity index is 3140. The number of phenols is 4. The minimum Gasteiger partial charge on any atom is -0.508 e. The van der Waals surface area contributed by atoms with Gasteiger partial charge < -0.3 is 113 Å². The Labute approximate surface area is 468 Å². The van der Waals surface area contributed by atoms with Crippen LogP contribution in [0.25, 0.3) is 34.4 Å². The second kappa shape index (κ2) is 26.7. The third-order valence-corrected chi connectivity index (χ3v) is 13.0. The SMILES string of the molecule is COc1cc(/C=C/C(=O)OC2[C@H](O[C@@H]3C(O)[C@H](O)C(COC(=O)/C=C/c4ccc(O)cc4)O[C@H]3Oc3cc4c(O[C@@H]5OC(COC(=O)CC(=O)O)[C@@H](O)[C@H](O)C5O)cc(O)cc4[o+]c3-c3ccc(O)cc3)OC[C@@H](O)[C@@H]2O)cc(OC)c1O. The number of aliphatic carboxylic acids is 1. The smallest absolute Gasteiger partial charge is 0.402 e. The second-order valence-corrected chi connectivity index (χ2v) is 18.8. The Kier molecular flexibility index (Phi) is 19.5. The fourth-order valence-electron chi connectivity index (χ4n) is 8.68. The van der Waals surface area contributed by atoms with E-state index in [-0.39, 0.29) is 68.1 Å². The Morgan fingerprint density at radius 2 is 1.18 bits per heavy atom. The summed E-state index contributed by atoms with van der Waals surface area (Å²) >= 11 is 0. The highest BCUT2D eigenvalue weighted by molar-refractivity contribution is 5.91. The van der Waals surface area contributed by atoms with Gasteiger partial charge in [0.1, 0.15) is 103 Å². The minimum atomic E-state index is -2.12. The summed E-state index contributed by atoms with van der Waals surface area (Å²) in [6.45, 7) is -2.23. The van der Waals surface area contributed by atoms with Crippen LogP contribution in [0.2, 0.25) is 0 Å². The summed E-state index contributed by atoms with van der Waals surface area (Å²) in [7, 11) is 2.57. The third kappa shape index (κ3) is 14.6. The number of carboxylic acids is 1. The number of carboxylic acid groups (broad SMARTS) is 1. The first-order chi connectivity index (χ1) is 39.6. The summed E-state index contributed by atoms with van der Waals surface area (Å²) in [5, 5.41) is 128. The molecule has 0 radical (unpaired) electrons. The molecule has 0 bridgehead atoms. The summed E-state index contributed by atoms with van der Waals surface area (Å²) < 4.78 is 68.8. The molecule has 5 aromatic rings. The molecular weight excluding hydrogens is 1110 g/mol. The lowest BCUT2D eigenvalue weighted by atomic mass is 9.98. The van der Waals surface area contributed by atoms with Gasteiger partial charge in [-0.25, -0.2) is 14.0 Å². The normalized spacial score (nSPS) is 27.2. The fourth-order valence-corrected chi connectivity index (χ4v) is 8.68. The summed E-state index contributed by atoms with van der Waals surface area (Å²) in [6.07, 6.45) is -23.2. The zero-order chi connectivity index (χ0) is 59.8. The number of carbonyl (C=O) groups is 4. The first-order valence-electron chi connectivity index (χ1n) is 25.1. The number of aliphatic hydroxyl groups is 7. The van der Waals surface area contributed by atoms with Crippen molar-refractivity contribution >= 4 is 47.0 Å². The number of hydrogen-bond donors (Lipinski definition) is 12. The van der Waals surface area contributed by atoms with Gasteiger partial charge in [-0.15, -0.1) is 0 Å². The Balaban J connectivity index is 1.14. The summed E-state index contributed by atoms with van der Waals surface area (Å²) in [6, 6.07) is 17.1. The largest absolute Gasteiger partial charge is 0.508 e. The number of methoxy groups -OCH3 is 2. The lowest BCUT2D eigenvalue weighted by Crippen LogP contribution is -2.64. The maximum Gasteiger partial charge on any atom is 0.402 e. The van der Waals surface area contributed by atoms with E-state index in [1.165, 1.54) is 93.1 Å². The number of carbonyl (C=O) groups excluding carboxylic acids is 3. The van der Waals surface area contributed by atoms with Crippen molar-refractivity contribution in [1.82, 2.24) is 0 Å². The molecule has 1 aromatic heterocycles. The molecule has 5 unspecified atom stereocenters. The van der Waals surface area contributed by atoms with E-state index in [0.29, 0.717) is 5.56 Å². The number of aliphatic hydroxyl groups excluding tert-OH is 7. The van der Waals surface area contributed by atoms with Gasteiger partial charge >= 0.3 is 35.2 Å². The molecule has 8 rings (SSSR count). The van der Waals surface area contributed by atoms with Crippen molar-refractivity contribution < 1.29 is 137 Å². The van der Waals surface area contributed by atoms with E-state index < -0.39 is 142 Å². The molecule has 0 spiro atoms. The first-order valence-corrected chi connectivity index (χ1v) is 25.1.